The average Bonchev–Trinajstić information content (AvgIpc) is 3.43. The summed E-state index contributed by atoms with van der Waals surface area (Å²) in [6.07, 6.45) is 0. The van der Waals surface area contributed by atoms with Gasteiger partial charge in [0.15, 0.2) is 5.58 Å². The van der Waals surface area contributed by atoms with Crippen molar-refractivity contribution >= 4 is 61.4 Å². The molecular weight excluding hydrogens is 408 g/mol. The number of aromatic carboxylic acids is 1. The Labute approximate surface area is 172 Å². The van der Waals surface area contributed by atoms with Crippen molar-refractivity contribution in [1.29, 1.82) is 0 Å². The minimum absolute atomic E-state index is 0.0611. The van der Waals surface area contributed by atoms with E-state index < -0.39 is 11.9 Å². The zero-order chi connectivity index (χ0) is 20.0. The Morgan fingerprint density at radius 3 is 2.66 bits per heavy atom. The maximum Gasteiger partial charge on any atom is 0.339 e. The number of hydrogen-bond donors (Lipinski definition) is 2. The largest absolute Gasteiger partial charge is 0.478 e. The molecule has 0 spiro atoms. The van der Waals surface area contributed by atoms with Crippen LogP contribution in [0, 0.1) is 0 Å². The van der Waals surface area contributed by atoms with E-state index in [1.165, 1.54) is 22.7 Å². The lowest BCUT2D eigenvalue weighted by Crippen LogP contribution is -2.14. The number of fused-ring (bicyclic) bond motifs is 2. The summed E-state index contributed by atoms with van der Waals surface area (Å²) in [5, 5.41) is 15.1. The number of hydrogen-bond acceptors (Lipinski definition) is 6. The van der Waals surface area contributed by atoms with Crippen molar-refractivity contribution in [3.63, 3.8) is 0 Å². The Balaban J connectivity index is 1.52. The first kappa shape index (κ1) is 17.6. The molecule has 3 aromatic heterocycles. The lowest BCUT2D eigenvalue weighted by molar-refractivity contribution is 0.0699. The van der Waals surface area contributed by atoms with Crippen LogP contribution in [0.15, 0.2) is 64.4 Å². The minimum atomic E-state index is -1.11. The molecule has 0 aliphatic rings. The molecule has 0 atom stereocenters. The van der Waals surface area contributed by atoms with E-state index in [2.05, 4.69) is 10.3 Å². The molecule has 6 nitrogen and oxygen atoms in total. The first-order valence-electron chi connectivity index (χ1n) is 8.61. The van der Waals surface area contributed by atoms with Gasteiger partial charge in [-0.2, -0.15) is 0 Å². The number of anilines is 1. The van der Waals surface area contributed by atoms with Crippen LogP contribution < -0.4 is 5.32 Å². The third kappa shape index (κ3) is 3.08. The van der Waals surface area contributed by atoms with Gasteiger partial charge in [-0.1, -0.05) is 30.3 Å². The monoisotopic (exact) mass is 420 g/mol. The molecule has 0 bridgehead atoms. The molecule has 0 fully saturated rings. The first-order chi connectivity index (χ1) is 14.1. The number of rotatable bonds is 4. The minimum Gasteiger partial charge on any atom is -0.478 e. The van der Waals surface area contributed by atoms with Crippen molar-refractivity contribution in [3.05, 3.63) is 71.4 Å². The lowest BCUT2D eigenvalue weighted by Gasteiger charge is -2.03. The van der Waals surface area contributed by atoms with Crippen LogP contribution in [-0.4, -0.2) is 22.0 Å². The first-order valence-corrected chi connectivity index (χ1v) is 10.3. The van der Waals surface area contributed by atoms with Crippen molar-refractivity contribution in [1.82, 2.24) is 4.98 Å². The zero-order valence-corrected chi connectivity index (χ0v) is 16.3. The Bertz CT molecular complexity index is 1330. The van der Waals surface area contributed by atoms with E-state index in [9.17, 15) is 14.7 Å². The van der Waals surface area contributed by atoms with E-state index in [1.54, 1.807) is 29.6 Å². The standard InChI is InChI=1S/C21H12N2O4S2/c24-19(20-23-12-6-2-3-7-14(12)27-20)22-13-10-28-18(17(13)21(25)26)16-9-11-5-1-4-8-15(11)29-16/h1-10H,(H,22,24)(H,25,26). The van der Waals surface area contributed by atoms with Crippen molar-refractivity contribution in [2.75, 3.05) is 5.32 Å². The van der Waals surface area contributed by atoms with E-state index in [0.717, 1.165) is 15.0 Å². The second-order valence-corrected chi connectivity index (χ2v) is 8.21. The number of thiophene rings is 2. The number of carboxylic acids is 1. The number of nitrogens with one attached hydrogen (secondary N) is 1. The van der Waals surface area contributed by atoms with Crippen LogP contribution in [-0.2, 0) is 0 Å². The number of aromatic nitrogens is 1. The van der Waals surface area contributed by atoms with Crippen LogP contribution in [0.5, 0.6) is 0 Å². The van der Waals surface area contributed by atoms with Crippen LogP contribution >= 0.6 is 22.7 Å². The summed E-state index contributed by atoms with van der Waals surface area (Å²) >= 11 is 2.80. The predicted octanol–water partition coefficient (Wildman–Crippen LogP) is 5.72. The molecule has 5 rings (SSSR count). The molecule has 8 heteroatoms. The van der Waals surface area contributed by atoms with Crippen LogP contribution in [0.3, 0.4) is 0 Å². The van der Waals surface area contributed by atoms with Crippen LogP contribution in [0.2, 0.25) is 0 Å². The van der Waals surface area contributed by atoms with Gasteiger partial charge in [-0.15, -0.1) is 22.7 Å². The van der Waals surface area contributed by atoms with Crippen LogP contribution in [0.4, 0.5) is 5.69 Å². The Morgan fingerprint density at radius 1 is 1.07 bits per heavy atom. The van der Waals surface area contributed by atoms with Gasteiger partial charge in [0.2, 0.25) is 0 Å². The molecule has 1 amide bonds. The number of para-hydroxylation sites is 2. The predicted molar refractivity (Wildman–Crippen MR) is 114 cm³/mol. The molecular formula is C21H12N2O4S2. The quantitative estimate of drug-likeness (QED) is 0.388. The van der Waals surface area contributed by atoms with E-state index in [4.69, 9.17) is 4.42 Å². The third-order valence-corrected chi connectivity index (χ3v) is 6.67. The summed E-state index contributed by atoms with van der Waals surface area (Å²) < 4.78 is 6.54. The van der Waals surface area contributed by atoms with Gasteiger partial charge in [0.05, 0.1) is 10.6 Å². The van der Waals surface area contributed by atoms with Gasteiger partial charge in [0.25, 0.3) is 5.89 Å². The molecule has 5 aromatic rings. The van der Waals surface area contributed by atoms with Gasteiger partial charge < -0.3 is 14.8 Å². The number of carbonyl (C=O) groups is 2. The number of carbonyl (C=O) groups excluding carboxylic acids is 1. The summed E-state index contributed by atoms with van der Waals surface area (Å²) in [5.41, 5.74) is 1.34. The second kappa shape index (κ2) is 6.84. The maximum absolute atomic E-state index is 12.6. The third-order valence-electron chi connectivity index (χ3n) is 4.39. The molecule has 0 saturated carbocycles. The highest BCUT2D eigenvalue weighted by atomic mass is 32.1. The van der Waals surface area contributed by atoms with E-state index in [-0.39, 0.29) is 17.1 Å². The van der Waals surface area contributed by atoms with E-state index >= 15 is 0 Å². The SMILES string of the molecule is O=C(Nc1csc(-c2cc3ccccc3s2)c1C(=O)O)c1nc2ccccc2o1. The van der Waals surface area contributed by atoms with E-state index in [0.29, 0.717) is 16.0 Å². The lowest BCUT2D eigenvalue weighted by atomic mass is 10.2. The fraction of sp³-hybridized carbons (Fsp3) is 0. The summed E-state index contributed by atoms with van der Waals surface area (Å²) in [6, 6.07) is 16.9. The highest BCUT2D eigenvalue weighted by molar-refractivity contribution is 7.26. The zero-order valence-electron chi connectivity index (χ0n) is 14.7. The molecule has 3 heterocycles. The van der Waals surface area contributed by atoms with Crippen LogP contribution in [0.25, 0.3) is 30.9 Å². The molecule has 0 radical (unpaired) electrons. The number of benzene rings is 2. The summed E-state index contributed by atoms with van der Waals surface area (Å²) in [4.78, 5) is 30.2. The molecule has 2 aromatic carbocycles. The average molecular weight is 420 g/mol. The van der Waals surface area contributed by atoms with Crippen LogP contribution in [0.1, 0.15) is 21.0 Å². The number of nitrogens with zero attached hydrogens (tertiary/aromatic N) is 1. The van der Waals surface area contributed by atoms with Crippen molar-refractivity contribution in [3.8, 4) is 9.75 Å². The molecule has 0 aliphatic heterocycles. The van der Waals surface area contributed by atoms with Gasteiger partial charge in [-0.05, 0) is 29.7 Å². The number of amides is 1. The van der Waals surface area contributed by atoms with Gasteiger partial charge in [-0.25, -0.2) is 9.78 Å². The fourth-order valence-corrected chi connectivity index (χ4v) is 5.26. The highest BCUT2D eigenvalue weighted by Crippen LogP contribution is 2.41. The molecule has 2 N–H and O–H groups in total. The Hall–Kier alpha value is -3.49. The number of oxazole rings is 1. The molecule has 0 saturated heterocycles. The molecule has 142 valence electrons. The molecule has 0 aliphatic carbocycles. The second-order valence-electron chi connectivity index (χ2n) is 6.25. The number of carboxylic acid groups (broad SMARTS) is 1. The van der Waals surface area contributed by atoms with E-state index in [1.807, 2.05) is 30.3 Å². The summed E-state index contributed by atoms with van der Waals surface area (Å²) in [7, 11) is 0. The summed E-state index contributed by atoms with van der Waals surface area (Å²) in [6.45, 7) is 0. The fourth-order valence-electron chi connectivity index (χ4n) is 3.08. The Kier molecular flexibility index (Phi) is 4.15. The molecule has 29 heavy (non-hydrogen) atoms. The van der Waals surface area contributed by atoms with Gasteiger partial charge in [0.1, 0.15) is 11.1 Å². The normalized spacial score (nSPS) is 11.2. The Morgan fingerprint density at radius 2 is 1.86 bits per heavy atom. The van der Waals surface area contributed by atoms with Crippen molar-refractivity contribution in [2.24, 2.45) is 0 Å². The summed E-state index contributed by atoms with van der Waals surface area (Å²) in [5.74, 6) is -1.81. The molecule has 0 unspecified atom stereocenters. The highest BCUT2D eigenvalue weighted by Gasteiger charge is 2.24. The van der Waals surface area contributed by atoms with Gasteiger partial charge in [0, 0.05) is 15.0 Å². The van der Waals surface area contributed by atoms with Crippen molar-refractivity contribution in [2.45, 2.75) is 0 Å². The smallest absolute Gasteiger partial charge is 0.339 e. The topological polar surface area (TPSA) is 92.4 Å². The van der Waals surface area contributed by atoms with Crippen molar-refractivity contribution < 1.29 is 19.1 Å². The van der Waals surface area contributed by atoms with Gasteiger partial charge >= 0.3 is 11.9 Å². The van der Waals surface area contributed by atoms with Gasteiger partial charge in [-0.3, -0.25) is 4.79 Å². The maximum atomic E-state index is 12.6.